The molecule has 4 nitrogen and oxygen atoms in total. The maximum Gasteiger partial charge on any atom is 0.0594 e. The Labute approximate surface area is 122 Å². The van der Waals surface area contributed by atoms with Gasteiger partial charge in [-0.25, -0.2) is 0 Å². The maximum absolute atomic E-state index is 5.10. The molecule has 4 heteroatoms. The highest BCUT2D eigenvalue weighted by molar-refractivity contribution is 4.53. The SMILES string of the molecule is CC.CC.CN(C)CCN(C)C.CN1CCOCC1. The Balaban J connectivity index is -0.000000214. The van der Waals surface area contributed by atoms with Gasteiger partial charge >= 0.3 is 0 Å². The zero-order chi connectivity index (χ0) is 15.7. The van der Waals surface area contributed by atoms with E-state index in [-0.39, 0.29) is 0 Å². The van der Waals surface area contributed by atoms with E-state index < -0.39 is 0 Å². The predicted octanol–water partition coefficient (Wildman–Crippen LogP) is 2.11. The van der Waals surface area contributed by atoms with E-state index in [0.717, 1.165) is 39.4 Å². The Hall–Kier alpha value is -0.160. The summed E-state index contributed by atoms with van der Waals surface area (Å²) in [5.41, 5.74) is 0. The van der Waals surface area contributed by atoms with Crippen LogP contribution in [-0.4, -0.2) is 89.3 Å². The van der Waals surface area contributed by atoms with Crippen LogP contribution in [0.25, 0.3) is 0 Å². The second-order valence-electron chi connectivity index (χ2n) is 4.52. The summed E-state index contributed by atoms with van der Waals surface area (Å²) < 4.78 is 5.10. The average Bonchev–Trinajstić information content (AvgIpc) is 2.43. The van der Waals surface area contributed by atoms with Gasteiger partial charge in [-0.15, -0.1) is 0 Å². The van der Waals surface area contributed by atoms with Crippen molar-refractivity contribution in [1.29, 1.82) is 0 Å². The molecule has 0 spiro atoms. The van der Waals surface area contributed by atoms with E-state index in [1.165, 1.54) is 0 Å². The van der Waals surface area contributed by atoms with Crippen molar-refractivity contribution >= 4 is 0 Å². The minimum Gasteiger partial charge on any atom is -0.379 e. The second kappa shape index (κ2) is 20.2. The summed E-state index contributed by atoms with van der Waals surface area (Å²) in [6.07, 6.45) is 0. The van der Waals surface area contributed by atoms with Gasteiger partial charge < -0.3 is 19.4 Å². The Morgan fingerprint density at radius 3 is 1.26 bits per heavy atom. The van der Waals surface area contributed by atoms with Gasteiger partial charge in [0.25, 0.3) is 0 Å². The molecule has 0 aromatic carbocycles. The third-order valence-corrected chi connectivity index (χ3v) is 2.23. The highest BCUT2D eigenvalue weighted by Gasteiger charge is 2.02. The van der Waals surface area contributed by atoms with E-state index in [9.17, 15) is 0 Å². The lowest BCUT2D eigenvalue weighted by Crippen LogP contribution is -2.32. The topological polar surface area (TPSA) is 19.0 Å². The molecule has 0 N–H and O–H groups in total. The molecule has 1 heterocycles. The van der Waals surface area contributed by atoms with Gasteiger partial charge in [-0.3, -0.25) is 0 Å². The molecule has 0 aromatic heterocycles. The van der Waals surface area contributed by atoms with Crippen molar-refractivity contribution in [2.75, 3.05) is 74.6 Å². The number of rotatable bonds is 3. The molecule has 1 fully saturated rings. The van der Waals surface area contributed by atoms with Crippen LogP contribution in [0, 0.1) is 0 Å². The molecule has 0 unspecified atom stereocenters. The lowest BCUT2D eigenvalue weighted by atomic mass is 10.5. The molecule has 19 heavy (non-hydrogen) atoms. The average molecular weight is 277 g/mol. The first-order chi connectivity index (χ1) is 9.02. The largest absolute Gasteiger partial charge is 0.379 e. The summed E-state index contributed by atoms with van der Waals surface area (Å²) in [4.78, 5) is 6.63. The second-order valence-corrected chi connectivity index (χ2v) is 4.52. The van der Waals surface area contributed by atoms with Crippen LogP contribution in [0.4, 0.5) is 0 Å². The van der Waals surface area contributed by atoms with E-state index in [4.69, 9.17) is 4.74 Å². The molecule has 0 aliphatic carbocycles. The summed E-state index contributed by atoms with van der Waals surface area (Å²) >= 11 is 0. The third kappa shape index (κ3) is 27.2. The third-order valence-electron chi connectivity index (χ3n) is 2.23. The number of ether oxygens (including phenoxy) is 1. The maximum atomic E-state index is 5.10. The Morgan fingerprint density at radius 1 is 0.789 bits per heavy atom. The Kier molecular flexibility index (Phi) is 25.4. The molecule has 1 rings (SSSR count). The summed E-state index contributed by atoms with van der Waals surface area (Å²) in [6.45, 7) is 14.3. The standard InChI is InChI=1S/C6H16N2.C5H11NO.2C2H6/c1-7(2)5-6-8(3)4;1-6-2-4-7-5-3-6;2*1-2/h5-6H2,1-4H3;2-5H2,1H3;2*1-2H3. The van der Waals surface area contributed by atoms with E-state index >= 15 is 0 Å². The first-order valence-corrected chi connectivity index (χ1v) is 7.58. The highest BCUT2D eigenvalue weighted by atomic mass is 16.5. The molecule has 0 atom stereocenters. The number of likely N-dealkylation sites (N-methyl/N-ethyl adjacent to an activating group) is 3. The van der Waals surface area contributed by atoms with Crippen LogP contribution in [-0.2, 0) is 4.74 Å². The number of nitrogens with zero attached hydrogens (tertiary/aromatic N) is 3. The Morgan fingerprint density at radius 2 is 1.11 bits per heavy atom. The van der Waals surface area contributed by atoms with Crippen LogP contribution in [0.2, 0.25) is 0 Å². The van der Waals surface area contributed by atoms with Crippen molar-refractivity contribution in [2.24, 2.45) is 0 Å². The van der Waals surface area contributed by atoms with E-state index in [2.05, 4.69) is 49.9 Å². The first-order valence-electron chi connectivity index (χ1n) is 7.58. The molecule has 0 bridgehead atoms. The fraction of sp³-hybridized carbons (Fsp3) is 1.00. The minimum absolute atomic E-state index is 0.913. The molecular weight excluding hydrogens is 238 g/mol. The van der Waals surface area contributed by atoms with Gasteiger partial charge in [0.2, 0.25) is 0 Å². The smallest absolute Gasteiger partial charge is 0.0594 e. The molecule has 120 valence electrons. The van der Waals surface area contributed by atoms with Crippen molar-refractivity contribution in [2.45, 2.75) is 27.7 Å². The molecule has 0 aromatic rings. The van der Waals surface area contributed by atoms with Crippen molar-refractivity contribution in [3.8, 4) is 0 Å². The van der Waals surface area contributed by atoms with Crippen molar-refractivity contribution in [1.82, 2.24) is 14.7 Å². The van der Waals surface area contributed by atoms with Gasteiger partial charge in [-0.2, -0.15) is 0 Å². The van der Waals surface area contributed by atoms with E-state index in [1.54, 1.807) is 0 Å². The van der Waals surface area contributed by atoms with Crippen molar-refractivity contribution < 1.29 is 4.74 Å². The molecule has 1 aliphatic rings. The lowest BCUT2D eigenvalue weighted by molar-refractivity contribution is 0.0503. The molecule has 0 radical (unpaired) electrons. The van der Waals surface area contributed by atoms with Crippen molar-refractivity contribution in [3.63, 3.8) is 0 Å². The molecule has 1 aliphatic heterocycles. The van der Waals surface area contributed by atoms with Gasteiger partial charge in [0.1, 0.15) is 0 Å². The number of morpholine rings is 1. The highest BCUT2D eigenvalue weighted by Crippen LogP contribution is 1.89. The quantitative estimate of drug-likeness (QED) is 0.786. The minimum atomic E-state index is 0.913. The van der Waals surface area contributed by atoms with Gasteiger partial charge in [0, 0.05) is 26.2 Å². The molecule has 0 amide bonds. The predicted molar refractivity (Wildman–Crippen MR) is 88.1 cm³/mol. The van der Waals surface area contributed by atoms with Gasteiger partial charge in [-0.05, 0) is 35.2 Å². The van der Waals surface area contributed by atoms with E-state index in [1.807, 2.05) is 27.7 Å². The zero-order valence-corrected chi connectivity index (χ0v) is 15.0. The molecular formula is C15H39N3O. The summed E-state index contributed by atoms with van der Waals surface area (Å²) in [5, 5.41) is 0. The van der Waals surface area contributed by atoms with Crippen LogP contribution >= 0.6 is 0 Å². The van der Waals surface area contributed by atoms with Gasteiger partial charge in [0.05, 0.1) is 13.2 Å². The molecule has 0 saturated carbocycles. The number of hydrogen-bond donors (Lipinski definition) is 0. The monoisotopic (exact) mass is 277 g/mol. The summed E-state index contributed by atoms with van der Waals surface area (Å²) in [5.74, 6) is 0. The zero-order valence-electron chi connectivity index (χ0n) is 15.0. The fourth-order valence-electron chi connectivity index (χ4n) is 1.05. The van der Waals surface area contributed by atoms with Crippen LogP contribution in [0.3, 0.4) is 0 Å². The van der Waals surface area contributed by atoms with E-state index in [0.29, 0.717) is 0 Å². The number of hydrogen-bond acceptors (Lipinski definition) is 4. The normalized spacial score (nSPS) is 14.7. The van der Waals surface area contributed by atoms with Crippen LogP contribution in [0.5, 0.6) is 0 Å². The lowest BCUT2D eigenvalue weighted by Gasteiger charge is -2.21. The van der Waals surface area contributed by atoms with Gasteiger partial charge in [0.15, 0.2) is 0 Å². The summed E-state index contributed by atoms with van der Waals surface area (Å²) in [7, 11) is 10.5. The van der Waals surface area contributed by atoms with Crippen LogP contribution in [0.1, 0.15) is 27.7 Å². The van der Waals surface area contributed by atoms with Crippen LogP contribution < -0.4 is 0 Å². The summed E-state index contributed by atoms with van der Waals surface area (Å²) in [6, 6.07) is 0. The first kappa shape index (κ1) is 23.9. The van der Waals surface area contributed by atoms with Gasteiger partial charge in [-0.1, -0.05) is 27.7 Å². The van der Waals surface area contributed by atoms with Crippen molar-refractivity contribution in [3.05, 3.63) is 0 Å². The van der Waals surface area contributed by atoms with Crippen LogP contribution in [0.15, 0.2) is 0 Å². The fourth-order valence-corrected chi connectivity index (χ4v) is 1.05. The Bertz CT molecular complexity index is 127. The molecule has 1 saturated heterocycles.